The maximum Gasteiger partial charge on any atom is 0.408 e. The van der Waals surface area contributed by atoms with Gasteiger partial charge in [0.2, 0.25) is 5.91 Å². The Kier molecular flexibility index (Phi) is 7.70. The number of amides is 2. The molecule has 0 unspecified atom stereocenters. The Bertz CT molecular complexity index is 792. The molecule has 2 rings (SSSR count). The summed E-state index contributed by atoms with van der Waals surface area (Å²) in [6, 6.07) is 5.69. The molecule has 2 heterocycles. The second kappa shape index (κ2) is 9.65. The van der Waals surface area contributed by atoms with Gasteiger partial charge in [-0.15, -0.1) is 11.8 Å². The van der Waals surface area contributed by atoms with E-state index < -0.39 is 40.6 Å². The van der Waals surface area contributed by atoms with E-state index in [2.05, 4.69) is 10.3 Å². The molecular formula is C21H29FN4O3S. The summed E-state index contributed by atoms with van der Waals surface area (Å²) in [5.41, 5.74) is 0.0921. The molecule has 1 saturated heterocycles. The average Bonchev–Trinajstić information content (AvgIpc) is 3.04. The topological polar surface area (TPSA) is 95.3 Å². The second-order valence-electron chi connectivity index (χ2n) is 8.76. The van der Waals surface area contributed by atoms with Crippen LogP contribution in [0.4, 0.5) is 9.18 Å². The summed E-state index contributed by atoms with van der Waals surface area (Å²) in [6.45, 7) is 8.67. The number of nitrogens with zero attached hydrogens (tertiary/aromatic N) is 3. The van der Waals surface area contributed by atoms with Gasteiger partial charge in [-0.1, -0.05) is 6.07 Å². The van der Waals surface area contributed by atoms with Crippen LogP contribution in [0.5, 0.6) is 0 Å². The molecule has 0 spiro atoms. The van der Waals surface area contributed by atoms with Gasteiger partial charge >= 0.3 is 6.09 Å². The Morgan fingerprint density at radius 1 is 1.40 bits per heavy atom. The number of nitriles is 1. The molecule has 164 valence electrons. The second-order valence-corrected chi connectivity index (χ2v) is 10.4. The largest absolute Gasteiger partial charge is 0.444 e. The van der Waals surface area contributed by atoms with Crippen molar-refractivity contribution in [3.63, 3.8) is 0 Å². The fourth-order valence-corrected chi connectivity index (χ4v) is 4.12. The molecular weight excluding hydrogens is 407 g/mol. The predicted molar refractivity (Wildman–Crippen MR) is 113 cm³/mol. The van der Waals surface area contributed by atoms with Crippen LogP contribution in [0, 0.1) is 11.3 Å². The molecule has 0 saturated carbocycles. The molecule has 7 nitrogen and oxygen atoms in total. The van der Waals surface area contributed by atoms with Gasteiger partial charge < -0.3 is 15.0 Å². The van der Waals surface area contributed by atoms with E-state index in [9.17, 15) is 19.2 Å². The summed E-state index contributed by atoms with van der Waals surface area (Å²) >= 11 is 1.44. The molecule has 3 atom stereocenters. The number of ether oxygens (including phenoxy) is 1. The van der Waals surface area contributed by atoms with Crippen LogP contribution in [0.3, 0.4) is 0 Å². The predicted octanol–water partition coefficient (Wildman–Crippen LogP) is 3.45. The molecule has 0 radical (unpaired) electrons. The molecule has 30 heavy (non-hydrogen) atoms. The molecule has 1 N–H and O–H groups in total. The molecule has 1 aromatic rings. The van der Waals surface area contributed by atoms with Crippen molar-refractivity contribution in [2.45, 2.75) is 75.4 Å². The van der Waals surface area contributed by atoms with Gasteiger partial charge in [-0.3, -0.25) is 9.78 Å². The van der Waals surface area contributed by atoms with Crippen LogP contribution in [0.1, 0.15) is 46.7 Å². The van der Waals surface area contributed by atoms with Crippen LogP contribution < -0.4 is 5.32 Å². The summed E-state index contributed by atoms with van der Waals surface area (Å²) in [4.78, 5) is 31.3. The fraction of sp³-hybridized carbons (Fsp3) is 0.619. The Morgan fingerprint density at radius 3 is 2.67 bits per heavy atom. The zero-order valence-electron chi connectivity index (χ0n) is 18.0. The molecule has 2 amide bonds. The number of thioether (sulfide) groups is 1. The number of likely N-dealkylation sites (tertiary alicyclic amines) is 1. The van der Waals surface area contributed by atoms with Crippen LogP contribution in [0.2, 0.25) is 0 Å². The zero-order valence-corrected chi connectivity index (χ0v) is 18.8. The minimum atomic E-state index is -1.26. The number of halogens is 1. The normalized spacial score (nSPS) is 20.4. The minimum absolute atomic E-state index is 0.0249. The van der Waals surface area contributed by atoms with Crippen molar-refractivity contribution in [1.82, 2.24) is 15.2 Å². The lowest BCUT2D eigenvalue weighted by Gasteiger charge is -2.36. The lowest BCUT2D eigenvalue weighted by molar-refractivity contribution is -0.134. The monoisotopic (exact) mass is 436 g/mol. The van der Waals surface area contributed by atoms with Crippen LogP contribution in [0.25, 0.3) is 0 Å². The zero-order chi connectivity index (χ0) is 22.5. The average molecular weight is 437 g/mol. The van der Waals surface area contributed by atoms with E-state index in [0.29, 0.717) is 5.75 Å². The van der Waals surface area contributed by atoms with Crippen LogP contribution in [0.15, 0.2) is 24.4 Å². The first-order chi connectivity index (χ1) is 13.9. The van der Waals surface area contributed by atoms with E-state index in [1.54, 1.807) is 27.0 Å². The lowest BCUT2D eigenvalue weighted by atomic mass is 10.0. The number of rotatable bonds is 6. The highest BCUT2D eigenvalue weighted by Gasteiger charge is 2.45. The van der Waals surface area contributed by atoms with Gasteiger partial charge in [0.15, 0.2) is 0 Å². The van der Waals surface area contributed by atoms with Gasteiger partial charge in [0.05, 0.1) is 18.3 Å². The third kappa shape index (κ3) is 6.59. The van der Waals surface area contributed by atoms with Crippen molar-refractivity contribution in [3.05, 3.63) is 30.1 Å². The number of pyridine rings is 1. The SMILES string of the molecule is CC(C)(C)OC(=O)N[C@H](C(=O)N1C[C@@H](F)C[C@H]1C#N)C(C)(C)SCc1ccccn1. The number of alkyl halides is 1. The van der Waals surface area contributed by atoms with Gasteiger partial charge in [-0.05, 0) is 46.8 Å². The first-order valence-corrected chi connectivity index (χ1v) is 10.8. The Morgan fingerprint density at radius 2 is 2.10 bits per heavy atom. The van der Waals surface area contributed by atoms with Gasteiger partial charge in [0, 0.05) is 23.1 Å². The van der Waals surface area contributed by atoms with Crippen molar-refractivity contribution in [2.24, 2.45) is 0 Å². The van der Waals surface area contributed by atoms with Crippen molar-refractivity contribution in [1.29, 1.82) is 5.26 Å². The number of hydrogen-bond donors (Lipinski definition) is 1. The molecule has 0 bridgehead atoms. The Hall–Kier alpha value is -2.34. The Balaban J connectivity index is 2.24. The first-order valence-electron chi connectivity index (χ1n) is 9.80. The number of aromatic nitrogens is 1. The molecule has 1 fully saturated rings. The number of carbonyl (C=O) groups excluding carboxylic acids is 2. The summed E-state index contributed by atoms with van der Waals surface area (Å²) in [7, 11) is 0. The van der Waals surface area contributed by atoms with Crippen molar-refractivity contribution in [3.8, 4) is 6.07 Å². The fourth-order valence-electron chi connectivity index (χ4n) is 3.10. The maximum absolute atomic E-state index is 13.9. The molecule has 1 aliphatic rings. The molecule has 0 aromatic carbocycles. The molecule has 0 aliphatic carbocycles. The van der Waals surface area contributed by atoms with Gasteiger partial charge in [0.1, 0.15) is 23.9 Å². The lowest BCUT2D eigenvalue weighted by Crippen LogP contribution is -2.58. The molecule has 9 heteroatoms. The number of nitrogens with one attached hydrogen (secondary N) is 1. The highest BCUT2D eigenvalue weighted by molar-refractivity contribution is 7.99. The summed E-state index contributed by atoms with van der Waals surface area (Å²) in [5, 5.41) is 12.0. The van der Waals surface area contributed by atoms with Crippen LogP contribution in [-0.2, 0) is 15.3 Å². The molecule has 1 aliphatic heterocycles. The highest BCUT2D eigenvalue weighted by Crippen LogP contribution is 2.33. The summed E-state index contributed by atoms with van der Waals surface area (Å²) < 4.78 is 18.5. The quantitative estimate of drug-likeness (QED) is 0.734. The van der Waals surface area contributed by atoms with E-state index in [-0.39, 0.29) is 13.0 Å². The smallest absolute Gasteiger partial charge is 0.408 e. The third-order valence-electron chi connectivity index (χ3n) is 4.60. The number of alkyl carbamates (subject to hydrolysis) is 1. The summed E-state index contributed by atoms with van der Waals surface area (Å²) in [5.74, 6) is 0.0205. The number of hydrogen-bond acceptors (Lipinski definition) is 6. The van der Waals surface area contributed by atoms with Gasteiger partial charge in [-0.25, -0.2) is 9.18 Å². The van der Waals surface area contributed by atoms with Crippen LogP contribution >= 0.6 is 11.8 Å². The van der Waals surface area contributed by atoms with Gasteiger partial charge in [0.25, 0.3) is 0 Å². The Labute approximate surface area is 181 Å². The third-order valence-corrected chi connectivity index (χ3v) is 6.02. The molecule has 1 aromatic heterocycles. The van der Waals surface area contributed by atoms with Crippen LogP contribution in [-0.4, -0.2) is 57.0 Å². The van der Waals surface area contributed by atoms with E-state index in [1.165, 1.54) is 16.7 Å². The minimum Gasteiger partial charge on any atom is -0.444 e. The summed E-state index contributed by atoms with van der Waals surface area (Å²) in [6.07, 6.45) is -0.335. The van der Waals surface area contributed by atoms with E-state index in [1.807, 2.05) is 38.1 Å². The highest BCUT2D eigenvalue weighted by atomic mass is 32.2. The van der Waals surface area contributed by atoms with Crippen molar-refractivity contribution in [2.75, 3.05) is 6.54 Å². The maximum atomic E-state index is 13.9. The number of carbonyl (C=O) groups is 2. The van der Waals surface area contributed by atoms with Crippen molar-refractivity contribution < 1.29 is 18.7 Å². The van der Waals surface area contributed by atoms with E-state index in [0.717, 1.165) is 5.69 Å². The van der Waals surface area contributed by atoms with Crippen molar-refractivity contribution >= 4 is 23.8 Å². The van der Waals surface area contributed by atoms with E-state index in [4.69, 9.17) is 4.74 Å². The first kappa shape index (κ1) is 23.9. The van der Waals surface area contributed by atoms with Gasteiger partial charge in [-0.2, -0.15) is 5.26 Å². The van der Waals surface area contributed by atoms with E-state index >= 15 is 0 Å². The standard InChI is InChI=1S/C21H29FN4O3S/c1-20(2,3)29-19(28)25-17(18(27)26-12-14(22)10-16(26)11-23)21(4,5)30-13-15-8-6-7-9-24-15/h6-9,14,16-17H,10,12-13H2,1-5H3,(H,25,28)/t14-,16-,17+/m0/s1.